The molecular weight excluding hydrogens is 328 g/mol. The van der Waals surface area contributed by atoms with Crippen LogP contribution < -0.4 is 16.0 Å². The average molecular weight is 349 g/mol. The number of nitrogens with one attached hydrogen (secondary N) is 3. The molecule has 2 aromatic rings. The van der Waals surface area contributed by atoms with Crippen LogP contribution in [-0.4, -0.2) is 17.6 Å². The van der Waals surface area contributed by atoms with Gasteiger partial charge in [0, 0.05) is 5.56 Å². The SMILES string of the molecule is CCNCc1nc2cc(Cl)c3c(c2o1)C1(CCCCC1)NC(=O)N3. The summed E-state index contributed by atoms with van der Waals surface area (Å²) < 4.78 is 6.06. The largest absolute Gasteiger partial charge is 0.439 e. The molecule has 6 nitrogen and oxygen atoms in total. The van der Waals surface area contributed by atoms with Crippen LogP contribution in [0, 0.1) is 0 Å². The maximum Gasteiger partial charge on any atom is 0.319 e. The predicted octanol–water partition coefficient (Wildman–Crippen LogP) is 3.89. The van der Waals surface area contributed by atoms with Crippen LogP contribution in [0.3, 0.4) is 0 Å². The summed E-state index contributed by atoms with van der Waals surface area (Å²) in [7, 11) is 0. The lowest BCUT2D eigenvalue weighted by atomic mass is 9.74. The van der Waals surface area contributed by atoms with Crippen LogP contribution in [0.2, 0.25) is 5.02 Å². The average Bonchev–Trinajstić information content (AvgIpc) is 2.96. The molecule has 1 saturated carbocycles. The Morgan fingerprint density at radius 3 is 2.92 bits per heavy atom. The molecule has 1 fully saturated rings. The number of carbonyl (C=O) groups is 1. The highest BCUT2D eigenvalue weighted by atomic mass is 35.5. The molecule has 2 aliphatic rings. The van der Waals surface area contributed by atoms with Gasteiger partial charge in [0.25, 0.3) is 0 Å². The molecule has 0 unspecified atom stereocenters. The molecule has 1 aromatic carbocycles. The quantitative estimate of drug-likeness (QED) is 0.786. The zero-order valence-corrected chi connectivity index (χ0v) is 14.4. The van der Waals surface area contributed by atoms with E-state index in [1.165, 1.54) is 6.42 Å². The third-order valence-corrected chi connectivity index (χ3v) is 5.28. The summed E-state index contributed by atoms with van der Waals surface area (Å²) in [5.41, 5.74) is 2.69. The van der Waals surface area contributed by atoms with Gasteiger partial charge >= 0.3 is 6.03 Å². The Morgan fingerprint density at radius 1 is 1.38 bits per heavy atom. The van der Waals surface area contributed by atoms with E-state index in [9.17, 15) is 4.79 Å². The van der Waals surface area contributed by atoms with Gasteiger partial charge < -0.3 is 20.4 Å². The zero-order chi connectivity index (χ0) is 16.7. The van der Waals surface area contributed by atoms with Gasteiger partial charge in [0.1, 0.15) is 5.52 Å². The maximum absolute atomic E-state index is 12.2. The first-order valence-corrected chi connectivity index (χ1v) is 8.93. The molecule has 1 spiro atoms. The molecule has 0 bridgehead atoms. The second-order valence-electron chi connectivity index (χ2n) is 6.57. The molecule has 3 N–H and O–H groups in total. The minimum atomic E-state index is -0.409. The highest BCUT2D eigenvalue weighted by molar-refractivity contribution is 6.35. The summed E-state index contributed by atoms with van der Waals surface area (Å²) in [4.78, 5) is 16.8. The molecule has 4 rings (SSSR count). The Labute approximate surface area is 145 Å². The lowest BCUT2D eigenvalue weighted by Gasteiger charge is -2.42. The summed E-state index contributed by atoms with van der Waals surface area (Å²) >= 11 is 6.46. The van der Waals surface area contributed by atoms with Crippen molar-refractivity contribution in [1.82, 2.24) is 15.6 Å². The van der Waals surface area contributed by atoms with E-state index in [-0.39, 0.29) is 6.03 Å². The van der Waals surface area contributed by atoms with E-state index in [0.717, 1.165) is 48.9 Å². The molecule has 2 amide bonds. The second kappa shape index (κ2) is 5.93. The van der Waals surface area contributed by atoms with Crippen molar-refractivity contribution in [1.29, 1.82) is 0 Å². The van der Waals surface area contributed by atoms with E-state index >= 15 is 0 Å². The fourth-order valence-corrected chi connectivity index (χ4v) is 4.17. The molecule has 0 radical (unpaired) electrons. The molecular formula is C17H21ClN4O2. The fourth-order valence-electron chi connectivity index (χ4n) is 3.92. The van der Waals surface area contributed by atoms with E-state index in [4.69, 9.17) is 16.0 Å². The first kappa shape index (κ1) is 15.7. The number of benzene rings is 1. The zero-order valence-electron chi connectivity index (χ0n) is 13.7. The van der Waals surface area contributed by atoms with Crippen LogP contribution in [0.4, 0.5) is 10.5 Å². The number of nitrogens with zero attached hydrogens (tertiary/aromatic N) is 1. The van der Waals surface area contributed by atoms with Crippen molar-refractivity contribution in [2.75, 3.05) is 11.9 Å². The first-order chi connectivity index (χ1) is 11.6. The fraction of sp³-hybridized carbons (Fsp3) is 0.529. The molecule has 1 aliphatic carbocycles. The van der Waals surface area contributed by atoms with Crippen molar-refractivity contribution in [3.8, 4) is 0 Å². The lowest BCUT2D eigenvalue weighted by Crippen LogP contribution is -2.52. The molecule has 1 aliphatic heterocycles. The molecule has 7 heteroatoms. The summed E-state index contributed by atoms with van der Waals surface area (Å²) in [5.74, 6) is 0.638. The van der Waals surface area contributed by atoms with Crippen molar-refractivity contribution >= 4 is 34.4 Å². The van der Waals surface area contributed by atoms with E-state index in [1.807, 2.05) is 6.92 Å². The minimum absolute atomic E-state index is 0.196. The van der Waals surface area contributed by atoms with Gasteiger partial charge in [-0.3, -0.25) is 0 Å². The number of hydrogen-bond acceptors (Lipinski definition) is 4. The molecule has 1 aromatic heterocycles. The Bertz CT molecular complexity index is 795. The van der Waals surface area contributed by atoms with Crippen molar-refractivity contribution in [3.63, 3.8) is 0 Å². The van der Waals surface area contributed by atoms with Crippen LogP contribution in [-0.2, 0) is 12.1 Å². The molecule has 0 atom stereocenters. The maximum atomic E-state index is 12.2. The second-order valence-corrected chi connectivity index (χ2v) is 6.97. The van der Waals surface area contributed by atoms with Crippen molar-refractivity contribution < 1.29 is 9.21 Å². The van der Waals surface area contributed by atoms with Crippen LogP contribution in [0.5, 0.6) is 0 Å². The number of anilines is 1. The Morgan fingerprint density at radius 2 is 2.17 bits per heavy atom. The summed E-state index contributed by atoms with van der Waals surface area (Å²) in [6.45, 7) is 3.46. The van der Waals surface area contributed by atoms with E-state index in [1.54, 1.807) is 6.07 Å². The molecule has 2 heterocycles. The Balaban J connectivity index is 1.91. The molecule has 24 heavy (non-hydrogen) atoms. The van der Waals surface area contributed by atoms with Crippen LogP contribution in [0.1, 0.15) is 50.5 Å². The summed E-state index contributed by atoms with van der Waals surface area (Å²) in [5, 5.41) is 9.74. The number of halogens is 1. The van der Waals surface area contributed by atoms with Gasteiger partial charge in [-0.15, -0.1) is 0 Å². The number of hydrogen-bond donors (Lipinski definition) is 3. The third kappa shape index (κ3) is 2.45. The predicted molar refractivity (Wildman–Crippen MR) is 93.3 cm³/mol. The highest BCUT2D eigenvalue weighted by Gasteiger charge is 2.43. The number of aromatic nitrogens is 1. The summed E-state index contributed by atoms with van der Waals surface area (Å²) in [6, 6.07) is 1.58. The number of rotatable bonds is 3. The first-order valence-electron chi connectivity index (χ1n) is 8.55. The van der Waals surface area contributed by atoms with E-state index in [2.05, 4.69) is 20.9 Å². The summed E-state index contributed by atoms with van der Waals surface area (Å²) in [6.07, 6.45) is 5.13. The van der Waals surface area contributed by atoms with Gasteiger partial charge in [-0.2, -0.15) is 0 Å². The number of carbonyl (C=O) groups excluding carboxylic acids is 1. The van der Waals surface area contributed by atoms with Crippen LogP contribution in [0.15, 0.2) is 10.5 Å². The third-order valence-electron chi connectivity index (χ3n) is 4.98. The molecule has 0 saturated heterocycles. The van der Waals surface area contributed by atoms with Crippen molar-refractivity contribution in [2.24, 2.45) is 0 Å². The van der Waals surface area contributed by atoms with Crippen LogP contribution in [0.25, 0.3) is 11.1 Å². The van der Waals surface area contributed by atoms with Gasteiger partial charge in [-0.05, 0) is 25.5 Å². The highest BCUT2D eigenvalue weighted by Crippen LogP contribution is 2.48. The number of fused-ring (bicyclic) bond motifs is 4. The number of oxazole rings is 1. The molecule has 128 valence electrons. The standard InChI is InChI=1S/C17H21ClN4O2/c1-2-19-9-12-20-11-8-10(18)14-13(15(11)24-12)17(22-16(23)21-14)6-4-3-5-7-17/h8,19H,2-7,9H2,1H3,(H2,21,22,23). The van der Waals surface area contributed by atoms with Gasteiger partial charge in [-0.1, -0.05) is 37.8 Å². The smallest absolute Gasteiger partial charge is 0.319 e. The van der Waals surface area contributed by atoms with Gasteiger partial charge in [0.15, 0.2) is 5.58 Å². The minimum Gasteiger partial charge on any atom is -0.439 e. The van der Waals surface area contributed by atoms with Gasteiger partial charge in [0.2, 0.25) is 5.89 Å². The monoisotopic (exact) mass is 348 g/mol. The Hall–Kier alpha value is -1.79. The Kier molecular flexibility index (Phi) is 3.89. The number of amides is 2. The van der Waals surface area contributed by atoms with Crippen LogP contribution >= 0.6 is 11.6 Å². The number of urea groups is 1. The lowest BCUT2D eigenvalue weighted by molar-refractivity contribution is 0.209. The van der Waals surface area contributed by atoms with Gasteiger partial charge in [0.05, 0.1) is 22.8 Å². The van der Waals surface area contributed by atoms with Crippen molar-refractivity contribution in [2.45, 2.75) is 51.1 Å². The van der Waals surface area contributed by atoms with E-state index in [0.29, 0.717) is 23.1 Å². The topological polar surface area (TPSA) is 79.2 Å². The van der Waals surface area contributed by atoms with E-state index < -0.39 is 5.54 Å². The van der Waals surface area contributed by atoms with Gasteiger partial charge in [-0.25, -0.2) is 9.78 Å². The van der Waals surface area contributed by atoms with Crippen molar-refractivity contribution in [3.05, 3.63) is 22.5 Å². The normalized spacial score (nSPS) is 19.2.